The van der Waals surface area contributed by atoms with Gasteiger partial charge in [0.2, 0.25) is 5.36 Å². The lowest BCUT2D eigenvalue weighted by molar-refractivity contribution is 0.0691. The molecule has 0 aromatic heterocycles. The molecule has 1 aliphatic carbocycles. The Kier molecular flexibility index (Phi) is 5.26. The average molecular weight is 559 g/mol. The lowest BCUT2D eigenvalue weighted by atomic mass is 9.96. The minimum Gasteiger partial charge on any atom is -0.289 e. The third-order valence-corrected chi connectivity index (χ3v) is 8.83. The van der Waals surface area contributed by atoms with Crippen LogP contribution in [0.5, 0.6) is 0 Å². The third-order valence-electron chi connectivity index (χ3n) is 7.74. The van der Waals surface area contributed by atoms with Gasteiger partial charge in [0.15, 0.2) is 5.78 Å². The molecule has 7 rings (SSSR count). The van der Waals surface area contributed by atoms with Crippen LogP contribution in [0.2, 0.25) is 0 Å². The van der Waals surface area contributed by atoms with Crippen LogP contribution in [0.4, 0.5) is 0 Å². The van der Waals surface area contributed by atoms with Crippen LogP contribution in [0.1, 0.15) is 68.5 Å². The van der Waals surface area contributed by atoms with E-state index in [0.29, 0.717) is 5.36 Å². The molecule has 3 heterocycles. The largest absolute Gasteiger partial charge is 0.429 e. The van der Waals surface area contributed by atoms with Crippen LogP contribution < -0.4 is 9.93 Å². The fourth-order valence-corrected chi connectivity index (χ4v) is 6.37. The molecule has 41 heavy (non-hydrogen) atoms. The third kappa shape index (κ3) is 3.63. The molecule has 0 bridgehead atoms. The van der Waals surface area contributed by atoms with Gasteiger partial charge < -0.3 is 0 Å². The number of amides is 4. The molecule has 9 heteroatoms. The van der Waals surface area contributed by atoms with Crippen molar-refractivity contribution in [3.8, 4) is 10.6 Å². The zero-order chi connectivity index (χ0) is 28.7. The zero-order valence-electron chi connectivity index (χ0n) is 22.1. The lowest BCUT2D eigenvalue weighted by Crippen LogP contribution is -2.34. The van der Waals surface area contributed by atoms with E-state index < -0.39 is 29.4 Å². The molecular formula is C32H20N3O5S+. The fourth-order valence-electron chi connectivity index (χ4n) is 5.29. The summed E-state index contributed by atoms with van der Waals surface area (Å²) >= 11 is 1.54. The number of aryl methyl sites for hydroxylation is 2. The maximum absolute atomic E-state index is 13.5. The first-order valence-electron chi connectivity index (χ1n) is 12.8. The smallest absolute Gasteiger partial charge is 0.289 e. The number of benzene rings is 4. The highest BCUT2D eigenvalue weighted by atomic mass is 32.1. The van der Waals surface area contributed by atoms with Crippen molar-refractivity contribution in [2.24, 2.45) is 0 Å². The zero-order valence-corrected chi connectivity index (χ0v) is 23.0. The fraction of sp³-hybridized carbons (Fsp3) is 0.0938. The van der Waals surface area contributed by atoms with Crippen LogP contribution in [0.15, 0.2) is 66.7 Å². The molecule has 0 radical (unpaired) electrons. The maximum atomic E-state index is 13.5. The van der Waals surface area contributed by atoms with Gasteiger partial charge in [-0.05, 0) is 67.4 Å². The van der Waals surface area contributed by atoms with E-state index >= 15 is 0 Å². The van der Waals surface area contributed by atoms with Gasteiger partial charge in [-0.25, -0.2) is 14.6 Å². The SMILES string of the molecule is Cc1cc2nc3ccc(=[N+]4C(=O)c5ccc(C(=O)c6ccc7c(c6)C(=O)N(C)C7=O)cc5C4=O)cc-3sc2cc1C. The van der Waals surface area contributed by atoms with Crippen molar-refractivity contribution in [2.45, 2.75) is 13.8 Å². The number of fused-ring (bicyclic) bond motifs is 4. The van der Waals surface area contributed by atoms with Gasteiger partial charge in [0.1, 0.15) is 11.1 Å². The molecule has 0 spiro atoms. The molecule has 0 saturated carbocycles. The van der Waals surface area contributed by atoms with Crippen molar-refractivity contribution in [1.82, 2.24) is 14.5 Å². The summed E-state index contributed by atoms with van der Waals surface area (Å²) in [5.41, 5.74) is 5.09. The number of ketones is 1. The minimum absolute atomic E-state index is 0.125. The number of hydrogen-bond donors (Lipinski definition) is 0. The maximum Gasteiger partial charge on any atom is 0.429 e. The number of hydrogen-bond acceptors (Lipinski definition) is 7. The molecule has 0 fully saturated rings. The van der Waals surface area contributed by atoms with Gasteiger partial charge in [0.25, 0.3) is 11.8 Å². The molecule has 4 amide bonds. The van der Waals surface area contributed by atoms with Crippen molar-refractivity contribution in [3.63, 3.8) is 0 Å². The number of aromatic nitrogens is 1. The molecule has 0 atom stereocenters. The molecule has 3 aromatic carbocycles. The standard InChI is InChI=1S/C32H20N3O5S/c1-15-10-25-26(11-16(15)2)41-27-14-19(6-9-24(27)33-25)35-31(39)21-8-5-18(13-23(21)32(35)40)28(36)17-4-7-20-22(12-17)30(38)34(3)29(20)37/h4-14H,1-3H3/q+1. The van der Waals surface area contributed by atoms with E-state index in [1.165, 1.54) is 43.4 Å². The Bertz CT molecular complexity index is 2140. The first-order valence-corrected chi connectivity index (χ1v) is 13.6. The molecule has 0 unspecified atom stereocenters. The Morgan fingerprint density at radius 2 is 1.37 bits per heavy atom. The van der Waals surface area contributed by atoms with E-state index in [9.17, 15) is 24.0 Å². The van der Waals surface area contributed by atoms with Crippen molar-refractivity contribution >= 4 is 51.0 Å². The highest BCUT2D eigenvalue weighted by molar-refractivity contribution is 7.21. The Balaban J connectivity index is 1.29. The van der Waals surface area contributed by atoms with Gasteiger partial charge in [-0.3, -0.25) is 19.3 Å². The van der Waals surface area contributed by atoms with Gasteiger partial charge in [-0.2, -0.15) is 0 Å². The summed E-state index contributed by atoms with van der Waals surface area (Å²) < 4.78 is 2.12. The minimum atomic E-state index is -0.527. The molecule has 3 aromatic rings. The molecule has 0 N–H and O–H groups in total. The quantitative estimate of drug-likeness (QED) is 0.139. The number of rotatable bonds is 2. The number of imide groups is 2. The summed E-state index contributed by atoms with van der Waals surface area (Å²) in [6.45, 7) is 4.09. The van der Waals surface area contributed by atoms with Gasteiger partial charge in [-0.1, -0.05) is 16.7 Å². The summed E-state index contributed by atoms with van der Waals surface area (Å²) in [6, 6.07) is 18.1. The monoisotopic (exact) mass is 558 g/mol. The molecule has 4 aliphatic rings. The highest BCUT2D eigenvalue weighted by Gasteiger charge is 2.43. The Hall–Kier alpha value is -5.15. The summed E-state index contributed by atoms with van der Waals surface area (Å²) in [6.07, 6.45) is 0. The van der Waals surface area contributed by atoms with Crippen LogP contribution in [0.3, 0.4) is 0 Å². The van der Waals surface area contributed by atoms with Crippen LogP contribution in [0.25, 0.3) is 20.8 Å². The number of carbonyl (C=O) groups is 5. The molecule has 8 nitrogen and oxygen atoms in total. The lowest BCUT2D eigenvalue weighted by Gasteiger charge is -2.07. The average Bonchev–Trinajstić information content (AvgIpc) is 3.35. The van der Waals surface area contributed by atoms with Gasteiger partial charge in [0.05, 0.1) is 31.9 Å². The summed E-state index contributed by atoms with van der Waals surface area (Å²) in [4.78, 5) is 71.4. The van der Waals surface area contributed by atoms with E-state index in [4.69, 9.17) is 4.98 Å². The van der Waals surface area contributed by atoms with Crippen molar-refractivity contribution in [3.05, 3.63) is 117 Å². The van der Waals surface area contributed by atoms with Crippen molar-refractivity contribution < 1.29 is 24.0 Å². The van der Waals surface area contributed by atoms with Gasteiger partial charge in [-0.15, -0.1) is 11.3 Å². The Labute approximate surface area is 237 Å². The van der Waals surface area contributed by atoms with E-state index in [-0.39, 0.29) is 33.4 Å². The van der Waals surface area contributed by atoms with E-state index in [0.717, 1.165) is 41.4 Å². The molecular weight excluding hydrogens is 538 g/mol. The van der Waals surface area contributed by atoms with E-state index in [1.54, 1.807) is 29.5 Å². The molecule has 3 aliphatic heterocycles. The number of carbonyl (C=O) groups excluding carboxylic acids is 5. The van der Waals surface area contributed by atoms with Crippen molar-refractivity contribution in [1.29, 1.82) is 0 Å². The van der Waals surface area contributed by atoms with Gasteiger partial charge in [0, 0.05) is 30.3 Å². The number of nitrogens with zero attached hydrogens (tertiary/aromatic N) is 3. The first kappa shape index (κ1) is 24.9. The predicted molar refractivity (Wildman–Crippen MR) is 152 cm³/mol. The topological polar surface area (TPSA) is 104 Å². The molecule has 198 valence electrons. The van der Waals surface area contributed by atoms with E-state index in [2.05, 4.69) is 12.1 Å². The summed E-state index contributed by atoms with van der Waals surface area (Å²) in [5.74, 6) is -2.33. The second-order valence-corrected chi connectivity index (χ2v) is 11.3. The second-order valence-electron chi connectivity index (χ2n) is 10.2. The normalized spacial score (nSPS) is 15.7. The summed E-state index contributed by atoms with van der Waals surface area (Å²) in [5, 5.41) is 0.420. The predicted octanol–water partition coefficient (Wildman–Crippen LogP) is 4.24. The second kappa shape index (κ2) is 8.67. The van der Waals surface area contributed by atoms with Crippen LogP contribution in [-0.4, -0.2) is 46.3 Å². The van der Waals surface area contributed by atoms with Gasteiger partial charge >= 0.3 is 11.8 Å². The van der Waals surface area contributed by atoms with Crippen LogP contribution in [-0.2, 0) is 0 Å². The van der Waals surface area contributed by atoms with Crippen molar-refractivity contribution in [2.75, 3.05) is 7.05 Å². The van der Waals surface area contributed by atoms with Crippen LogP contribution >= 0.6 is 11.3 Å². The Morgan fingerprint density at radius 3 is 2.12 bits per heavy atom. The highest BCUT2D eigenvalue weighted by Crippen LogP contribution is 2.31. The first-order chi connectivity index (χ1) is 19.6. The summed E-state index contributed by atoms with van der Waals surface area (Å²) in [7, 11) is 1.39. The van der Waals surface area contributed by atoms with Crippen LogP contribution in [0, 0.1) is 13.8 Å². The van der Waals surface area contributed by atoms with E-state index in [1.807, 2.05) is 13.8 Å². The Morgan fingerprint density at radius 1 is 0.732 bits per heavy atom. The molecule has 0 saturated heterocycles.